The Bertz CT molecular complexity index is 1220. The molecule has 9 heteroatoms. The number of carbonyl (C=O) groups excluding carboxylic acids is 1. The third-order valence-electron chi connectivity index (χ3n) is 4.18. The van der Waals surface area contributed by atoms with Crippen molar-refractivity contribution in [3.05, 3.63) is 75.7 Å². The lowest BCUT2D eigenvalue weighted by Gasteiger charge is -2.10. The Kier molecular flexibility index (Phi) is 7.09. The summed E-state index contributed by atoms with van der Waals surface area (Å²) in [6, 6.07) is 12.4. The lowest BCUT2D eigenvalue weighted by Crippen LogP contribution is -2.12. The van der Waals surface area contributed by atoms with E-state index in [0.29, 0.717) is 23.7 Å². The lowest BCUT2D eigenvalue weighted by molar-refractivity contribution is -0.111. The Morgan fingerprint density at radius 3 is 2.68 bits per heavy atom. The summed E-state index contributed by atoms with van der Waals surface area (Å²) >= 11 is 1.57. The molecule has 1 aromatic heterocycles. The van der Waals surface area contributed by atoms with Crippen LogP contribution in [0, 0.1) is 13.8 Å². The van der Waals surface area contributed by atoms with Gasteiger partial charge in [0.05, 0.1) is 22.6 Å². The Morgan fingerprint density at radius 2 is 1.97 bits per heavy atom. The van der Waals surface area contributed by atoms with Crippen LogP contribution < -0.4 is 14.8 Å². The van der Waals surface area contributed by atoms with Gasteiger partial charge in [-0.15, -0.1) is 11.3 Å². The number of rotatable bonds is 8. The third-order valence-corrected chi connectivity index (χ3v) is 5.59. The van der Waals surface area contributed by atoms with E-state index in [9.17, 15) is 13.2 Å². The van der Waals surface area contributed by atoms with Gasteiger partial charge < -0.3 is 10.1 Å². The molecule has 0 fully saturated rings. The Hall–Kier alpha value is -3.17. The summed E-state index contributed by atoms with van der Waals surface area (Å²) in [5.74, 6) is 0.297. The van der Waals surface area contributed by atoms with E-state index in [0.717, 1.165) is 28.1 Å². The normalized spacial score (nSPS) is 11.5. The van der Waals surface area contributed by atoms with Gasteiger partial charge in [-0.05, 0) is 43.7 Å². The Labute approximate surface area is 185 Å². The summed E-state index contributed by atoms with van der Waals surface area (Å²) in [6.07, 6.45) is 4.15. The van der Waals surface area contributed by atoms with Crippen molar-refractivity contribution in [1.29, 1.82) is 0 Å². The molecule has 0 spiro atoms. The van der Waals surface area contributed by atoms with Crippen molar-refractivity contribution in [2.24, 2.45) is 0 Å². The van der Waals surface area contributed by atoms with Gasteiger partial charge in [0.25, 0.3) is 0 Å². The molecule has 0 saturated heterocycles. The molecule has 2 aromatic carbocycles. The predicted molar refractivity (Wildman–Crippen MR) is 125 cm³/mol. The van der Waals surface area contributed by atoms with Gasteiger partial charge in [-0.3, -0.25) is 9.52 Å². The van der Waals surface area contributed by atoms with Crippen LogP contribution in [0.3, 0.4) is 0 Å². The number of carbonyl (C=O) groups is 1. The minimum absolute atomic E-state index is 0.348. The van der Waals surface area contributed by atoms with Crippen LogP contribution in [-0.2, 0) is 21.4 Å². The van der Waals surface area contributed by atoms with Gasteiger partial charge in [0.2, 0.25) is 15.9 Å². The van der Waals surface area contributed by atoms with Crippen LogP contribution in [0.2, 0.25) is 0 Å². The minimum atomic E-state index is -3.41. The molecule has 0 saturated carbocycles. The molecule has 3 aromatic rings. The number of para-hydroxylation sites is 1. The second-order valence-corrected chi connectivity index (χ2v) is 9.72. The molecule has 7 nitrogen and oxygen atoms in total. The van der Waals surface area contributed by atoms with E-state index in [1.807, 2.05) is 36.6 Å². The van der Waals surface area contributed by atoms with Crippen molar-refractivity contribution < 1.29 is 17.9 Å². The molecule has 1 heterocycles. The number of anilines is 2. The second-order valence-electron chi connectivity index (χ2n) is 6.91. The quantitative estimate of drug-likeness (QED) is 0.490. The van der Waals surface area contributed by atoms with Crippen molar-refractivity contribution in [2.75, 3.05) is 16.3 Å². The number of aryl methyl sites for hydroxylation is 2. The summed E-state index contributed by atoms with van der Waals surface area (Å²) < 4.78 is 31.3. The number of hydrogen-bond donors (Lipinski definition) is 2. The van der Waals surface area contributed by atoms with Gasteiger partial charge >= 0.3 is 0 Å². The van der Waals surface area contributed by atoms with Crippen LogP contribution in [0.5, 0.6) is 5.75 Å². The summed E-state index contributed by atoms with van der Waals surface area (Å²) in [5, 5.41) is 5.67. The van der Waals surface area contributed by atoms with Crippen LogP contribution in [0.1, 0.15) is 21.8 Å². The van der Waals surface area contributed by atoms with Crippen LogP contribution >= 0.6 is 11.3 Å². The monoisotopic (exact) mass is 457 g/mol. The van der Waals surface area contributed by atoms with E-state index in [1.165, 1.54) is 6.08 Å². The highest BCUT2D eigenvalue weighted by molar-refractivity contribution is 7.92. The first kappa shape index (κ1) is 22.5. The fourth-order valence-corrected chi connectivity index (χ4v) is 3.95. The minimum Gasteiger partial charge on any atom is -0.487 e. The molecular formula is C22H23N3O4S2. The van der Waals surface area contributed by atoms with Gasteiger partial charge in [-0.25, -0.2) is 13.4 Å². The number of nitrogens with zero attached hydrogens (tertiary/aromatic N) is 1. The molecule has 0 atom stereocenters. The number of hydrogen-bond acceptors (Lipinski definition) is 6. The summed E-state index contributed by atoms with van der Waals surface area (Å²) in [6.45, 7) is 4.07. The molecule has 31 heavy (non-hydrogen) atoms. The molecule has 1 amide bonds. The van der Waals surface area contributed by atoms with Crippen LogP contribution in [0.25, 0.3) is 6.08 Å². The van der Waals surface area contributed by atoms with Crippen molar-refractivity contribution in [3.8, 4) is 5.75 Å². The molecule has 0 radical (unpaired) electrons. The third kappa shape index (κ3) is 6.94. The molecule has 0 aliphatic carbocycles. The number of sulfonamides is 1. The van der Waals surface area contributed by atoms with Gasteiger partial charge in [-0.2, -0.15) is 0 Å². The van der Waals surface area contributed by atoms with Crippen molar-refractivity contribution in [1.82, 2.24) is 4.98 Å². The van der Waals surface area contributed by atoms with E-state index in [1.54, 1.807) is 42.5 Å². The van der Waals surface area contributed by atoms with Crippen LogP contribution in [-0.4, -0.2) is 25.6 Å². The van der Waals surface area contributed by atoms with Crippen LogP contribution in [0.15, 0.2) is 53.9 Å². The number of thiazole rings is 1. The van der Waals surface area contributed by atoms with E-state index in [4.69, 9.17) is 4.74 Å². The standard InChI is InChI=1S/C22H23N3O4S2/c1-15-8-10-18(12-20(15)25-31(3,27)28)24-22(26)11-9-17-6-4-5-7-21(17)29-13-19-14-30-16(2)23-19/h4-12,14,25H,13H2,1-3H3,(H,24,26)/b11-9+. The van der Waals surface area contributed by atoms with E-state index >= 15 is 0 Å². The average molecular weight is 458 g/mol. The van der Waals surface area contributed by atoms with Crippen molar-refractivity contribution in [3.63, 3.8) is 0 Å². The molecule has 162 valence electrons. The first-order valence-electron chi connectivity index (χ1n) is 9.40. The summed E-state index contributed by atoms with van der Waals surface area (Å²) in [4.78, 5) is 16.8. The zero-order valence-electron chi connectivity index (χ0n) is 17.4. The van der Waals surface area contributed by atoms with Gasteiger partial charge in [0.15, 0.2) is 0 Å². The number of ether oxygens (including phenoxy) is 1. The van der Waals surface area contributed by atoms with E-state index in [-0.39, 0.29) is 5.91 Å². The first-order valence-corrected chi connectivity index (χ1v) is 12.2. The molecule has 0 bridgehead atoms. The smallest absolute Gasteiger partial charge is 0.248 e. The number of amides is 1. The molecule has 0 aliphatic rings. The lowest BCUT2D eigenvalue weighted by atomic mass is 10.1. The largest absolute Gasteiger partial charge is 0.487 e. The number of aromatic nitrogens is 1. The Balaban J connectivity index is 1.67. The second kappa shape index (κ2) is 9.76. The summed E-state index contributed by atoms with van der Waals surface area (Å²) in [5.41, 5.74) is 3.26. The molecule has 0 unspecified atom stereocenters. The maximum atomic E-state index is 12.4. The highest BCUT2D eigenvalue weighted by atomic mass is 32.2. The number of nitrogens with one attached hydrogen (secondary N) is 2. The van der Waals surface area contributed by atoms with E-state index in [2.05, 4.69) is 15.0 Å². The van der Waals surface area contributed by atoms with Crippen molar-refractivity contribution in [2.45, 2.75) is 20.5 Å². The van der Waals surface area contributed by atoms with Gasteiger partial charge in [-0.1, -0.05) is 24.3 Å². The molecular weight excluding hydrogens is 434 g/mol. The average Bonchev–Trinajstić information content (AvgIpc) is 3.12. The van der Waals surface area contributed by atoms with Gasteiger partial charge in [0.1, 0.15) is 12.4 Å². The van der Waals surface area contributed by atoms with Crippen molar-refractivity contribution >= 4 is 44.7 Å². The first-order chi connectivity index (χ1) is 14.7. The topological polar surface area (TPSA) is 97.4 Å². The summed E-state index contributed by atoms with van der Waals surface area (Å²) in [7, 11) is -3.41. The Morgan fingerprint density at radius 1 is 1.19 bits per heavy atom. The highest BCUT2D eigenvalue weighted by Gasteiger charge is 2.08. The SMILES string of the molecule is Cc1nc(COc2ccccc2/C=C/C(=O)Nc2ccc(C)c(NS(C)(=O)=O)c2)cs1. The fourth-order valence-electron chi connectivity index (χ4n) is 2.73. The molecule has 2 N–H and O–H groups in total. The maximum Gasteiger partial charge on any atom is 0.248 e. The fraction of sp³-hybridized carbons (Fsp3) is 0.182. The number of benzene rings is 2. The molecule has 3 rings (SSSR count). The highest BCUT2D eigenvalue weighted by Crippen LogP contribution is 2.23. The van der Waals surface area contributed by atoms with Gasteiger partial charge in [0, 0.05) is 22.7 Å². The zero-order chi connectivity index (χ0) is 22.4. The predicted octanol–water partition coefficient (Wildman–Crippen LogP) is 4.36. The zero-order valence-corrected chi connectivity index (χ0v) is 19.0. The molecule has 0 aliphatic heterocycles. The maximum absolute atomic E-state index is 12.4. The van der Waals surface area contributed by atoms with Crippen LogP contribution in [0.4, 0.5) is 11.4 Å². The van der Waals surface area contributed by atoms with E-state index < -0.39 is 10.0 Å².